The van der Waals surface area contributed by atoms with Gasteiger partial charge >= 0.3 is 0 Å². The van der Waals surface area contributed by atoms with Crippen molar-refractivity contribution in [2.24, 2.45) is 4.99 Å². The number of methoxy groups -OCH3 is 1. The van der Waals surface area contributed by atoms with Gasteiger partial charge in [0.25, 0.3) is 0 Å². The molecule has 2 aromatic carbocycles. The molecule has 2 rings (SSSR count). The number of rotatable bonds is 8. The Labute approximate surface area is 165 Å². The summed E-state index contributed by atoms with van der Waals surface area (Å²) in [6, 6.07) is 14.9. The van der Waals surface area contributed by atoms with Crippen LogP contribution in [0.25, 0.3) is 0 Å². The van der Waals surface area contributed by atoms with Crippen molar-refractivity contribution in [1.29, 1.82) is 0 Å². The average Bonchev–Trinajstić information content (AvgIpc) is 2.68. The van der Waals surface area contributed by atoms with E-state index in [1.165, 1.54) is 0 Å². The van der Waals surface area contributed by atoms with Gasteiger partial charge in [0.2, 0.25) is 5.91 Å². The number of benzene rings is 2. The van der Waals surface area contributed by atoms with Crippen molar-refractivity contribution in [3.63, 3.8) is 0 Å². The largest absolute Gasteiger partial charge is 0.497 e. The summed E-state index contributed by atoms with van der Waals surface area (Å²) in [5.74, 6) is 1.15. The Bertz CT molecular complexity index is 766. The fourth-order valence-electron chi connectivity index (χ4n) is 2.39. The summed E-state index contributed by atoms with van der Waals surface area (Å²) in [6.45, 7) is 3.35. The van der Waals surface area contributed by atoms with E-state index in [0.717, 1.165) is 23.4 Å². The first-order valence-electron chi connectivity index (χ1n) is 8.82. The van der Waals surface area contributed by atoms with Crippen LogP contribution in [0.3, 0.4) is 0 Å². The van der Waals surface area contributed by atoms with Crippen LogP contribution in [-0.4, -0.2) is 38.6 Å². The number of halogens is 1. The standard InChI is InChI=1S/C20H25ClN4O2/c1-3-22-20(24-14-19(26)25-16-7-5-4-6-8-16)23-12-11-15-9-10-17(27-2)13-18(15)21/h4-10,13H,3,11-12,14H2,1-2H3,(H,25,26)(H2,22,23,24). The summed E-state index contributed by atoms with van der Waals surface area (Å²) in [5.41, 5.74) is 1.77. The molecule has 144 valence electrons. The lowest BCUT2D eigenvalue weighted by Crippen LogP contribution is -2.39. The monoisotopic (exact) mass is 388 g/mol. The summed E-state index contributed by atoms with van der Waals surface area (Å²) in [7, 11) is 1.61. The predicted octanol–water partition coefficient (Wildman–Crippen LogP) is 3.08. The molecule has 0 unspecified atom stereocenters. The molecule has 0 fully saturated rings. The molecular weight excluding hydrogens is 364 g/mol. The van der Waals surface area contributed by atoms with Gasteiger partial charge in [0.1, 0.15) is 12.3 Å². The van der Waals surface area contributed by atoms with Gasteiger partial charge < -0.3 is 20.7 Å². The van der Waals surface area contributed by atoms with E-state index >= 15 is 0 Å². The summed E-state index contributed by atoms with van der Waals surface area (Å²) >= 11 is 6.26. The van der Waals surface area contributed by atoms with Gasteiger partial charge in [-0.3, -0.25) is 4.79 Å². The van der Waals surface area contributed by atoms with E-state index in [1.54, 1.807) is 13.2 Å². The van der Waals surface area contributed by atoms with Crippen molar-refractivity contribution in [1.82, 2.24) is 10.6 Å². The molecule has 0 aliphatic heterocycles. The maximum absolute atomic E-state index is 12.0. The highest BCUT2D eigenvalue weighted by molar-refractivity contribution is 6.31. The molecule has 3 N–H and O–H groups in total. The Morgan fingerprint density at radius 3 is 2.59 bits per heavy atom. The highest BCUT2D eigenvalue weighted by Gasteiger charge is 2.05. The summed E-state index contributed by atoms with van der Waals surface area (Å²) < 4.78 is 5.15. The van der Waals surface area contributed by atoms with Crippen LogP contribution >= 0.6 is 11.6 Å². The van der Waals surface area contributed by atoms with Gasteiger partial charge in [0.15, 0.2) is 5.96 Å². The van der Waals surface area contributed by atoms with Crippen LogP contribution in [0.4, 0.5) is 5.69 Å². The summed E-state index contributed by atoms with van der Waals surface area (Å²) in [6.07, 6.45) is 0.726. The number of amides is 1. The second kappa shape index (κ2) is 11.1. The zero-order chi connectivity index (χ0) is 19.5. The van der Waals surface area contributed by atoms with Gasteiger partial charge in [-0.25, -0.2) is 4.99 Å². The van der Waals surface area contributed by atoms with Crippen molar-refractivity contribution in [2.75, 3.05) is 32.1 Å². The van der Waals surface area contributed by atoms with Gasteiger partial charge in [-0.05, 0) is 43.2 Å². The molecule has 0 saturated carbocycles. The molecule has 0 bridgehead atoms. The second-order valence-electron chi connectivity index (χ2n) is 5.74. The minimum absolute atomic E-state index is 0.0352. The smallest absolute Gasteiger partial charge is 0.246 e. The molecule has 0 aliphatic rings. The number of carbonyl (C=O) groups excluding carboxylic acids is 1. The van der Waals surface area contributed by atoms with E-state index in [1.807, 2.05) is 49.4 Å². The number of nitrogens with zero attached hydrogens (tertiary/aromatic N) is 1. The normalized spacial score (nSPS) is 11.0. The number of carbonyl (C=O) groups is 1. The second-order valence-corrected chi connectivity index (χ2v) is 6.15. The Kier molecular flexibility index (Phi) is 8.45. The molecule has 0 aromatic heterocycles. The van der Waals surface area contributed by atoms with E-state index in [0.29, 0.717) is 24.1 Å². The number of guanidine groups is 1. The van der Waals surface area contributed by atoms with Crippen LogP contribution in [0.15, 0.2) is 53.5 Å². The molecule has 2 aromatic rings. The number of aliphatic imine (C=N–C) groups is 1. The van der Waals surface area contributed by atoms with Gasteiger partial charge in [-0.2, -0.15) is 0 Å². The maximum atomic E-state index is 12.0. The van der Waals surface area contributed by atoms with Crippen molar-refractivity contribution >= 4 is 29.2 Å². The third-order valence-corrected chi connectivity index (χ3v) is 4.08. The van der Waals surface area contributed by atoms with Crippen molar-refractivity contribution in [3.8, 4) is 5.75 Å². The van der Waals surface area contributed by atoms with E-state index in [4.69, 9.17) is 16.3 Å². The molecular formula is C20H25ClN4O2. The van der Waals surface area contributed by atoms with E-state index in [-0.39, 0.29) is 12.5 Å². The van der Waals surface area contributed by atoms with E-state index in [2.05, 4.69) is 20.9 Å². The van der Waals surface area contributed by atoms with Gasteiger partial charge in [0, 0.05) is 23.8 Å². The van der Waals surface area contributed by atoms with Crippen LogP contribution < -0.4 is 20.7 Å². The lowest BCUT2D eigenvalue weighted by atomic mass is 10.1. The zero-order valence-corrected chi connectivity index (χ0v) is 16.3. The Balaban J connectivity index is 1.85. The van der Waals surface area contributed by atoms with Gasteiger partial charge in [-0.1, -0.05) is 35.9 Å². The van der Waals surface area contributed by atoms with Crippen LogP contribution in [0.2, 0.25) is 5.02 Å². The van der Waals surface area contributed by atoms with Crippen molar-refractivity contribution < 1.29 is 9.53 Å². The SMILES string of the molecule is CCNC(=NCC(=O)Nc1ccccc1)NCCc1ccc(OC)cc1Cl. The highest BCUT2D eigenvalue weighted by atomic mass is 35.5. The zero-order valence-electron chi connectivity index (χ0n) is 15.6. The fourth-order valence-corrected chi connectivity index (χ4v) is 2.65. The molecule has 27 heavy (non-hydrogen) atoms. The Hall–Kier alpha value is -2.73. The van der Waals surface area contributed by atoms with Crippen molar-refractivity contribution in [2.45, 2.75) is 13.3 Å². The fraction of sp³-hybridized carbons (Fsp3) is 0.300. The number of hydrogen-bond donors (Lipinski definition) is 3. The topological polar surface area (TPSA) is 74.8 Å². The van der Waals surface area contributed by atoms with E-state index in [9.17, 15) is 4.79 Å². The molecule has 0 aliphatic carbocycles. The van der Waals surface area contributed by atoms with Gasteiger partial charge in [-0.15, -0.1) is 0 Å². The molecule has 6 nitrogen and oxygen atoms in total. The van der Waals surface area contributed by atoms with Crippen LogP contribution in [0, 0.1) is 0 Å². The Morgan fingerprint density at radius 2 is 1.93 bits per heavy atom. The lowest BCUT2D eigenvalue weighted by molar-refractivity contribution is -0.114. The quantitative estimate of drug-likeness (QED) is 0.480. The lowest BCUT2D eigenvalue weighted by Gasteiger charge is -2.12. The molecule has 0 saturated heterocycles. The van der Waals surface area contributed by atoms with Crippen molar-refractivity contribution in [3.05, 3.63) is 59.1 Å². The number of anilines is 1. The van der Waals surface area contributed by atoms with Gasteiger partial charge in [0.05, 0.1) is 7.11 Å². The average molecular weight is 389 g/mol. The predicted molar refractivity (Wildman–Crippen MR) is 111 cm³/mol. The highest BCUT2D eigenvalue weighted by Crippen LogP contribution is 2.22. The summed E-state index contributed by atoms with van der Waals surface area (Å²) in [4.78, 5) is 16.3. The first-order valence-corrected chi connectivity index (χ1v) is 9.19. The number of hydrogen-bond acceptors (Lipinski definition) is 3. The Morgan fingerprint density at radius 1 is 1.15 bits per heavy atom. The minimum Gasteiger partial charge on any atom is -0.497 e. The summed E-state index contributed by atoms with van der Waals surface area (Å²) in [5, 5.41) is 9.82. The third kappa shape index (κ3) is 7.19. The van der Waals surface area contributed by atoms with Crippen LogP contribution in [0.5, 0.6) is 5.75 Å². The number of ether oxygens (including phenoxy) is 1. The number of nitrogens with one attached hydrogen (secondary N) is 3. The first-order chi connectivity index (χ1) is 13.1. The molecule has 0 spiro atoms. The third-order valence-electron chi connectivity index (χ3n) is 3.73. The van der Waals surface area contributed by atoms with E-state index < -0.39 is 0 Å². The minimum atomic E-state index is -0.170. The molecule has 1 amide bonds. The number of para-hydroxylation sites is 1. The van der Waals surface area contributed by atoms with Crippen LogP contribution in [-0.2, 0) is 11.2 Å². The molecule has 0 heterocycles. The molecule has 0 atom stereocenters. The van der Waals surface area contributed by atoms with Crippen LogP contribution in [0.1, 0.15) is 12.5 Å². The first kappa shape index (κ1) is 20.6. The maximum Gasteiger partial charge on any atom is 0.246 e. The molecule has 0 radical (unpaired) electrons. The molecule has 7 heteroatoms.